The highest BCUT2D eigenvalue weighted by atomic mass is 16.5. The zero-order valence-electron chi connectivity index (χ0n) is 15.8. The standard InChI is InChI=1S/C22H22N4O2/c1-25-20(27)14-18(16-8-10-23-11-9-16)24-22(25)26-12-13-28-21-17-5-3-2-4-15(17)6-7-19(21)26/h2-5,8-11,14,19,21H,6-7,12-13H2,1H3/t19-,21+/m0/s1. The summed E-state index contributed by atoms with van der Waals surface area (Å²) in [5.74, 6) is 0.706. The largest absolute Gasteiger partial charge is 0.370 e. The Morgan fingerprint density at radius 2 is 1.96 bits per heavy atom. The Balaban J connectivity index is 1.58. The number of aryl methyl sites for hydroxylation is 1. The molecule has 2 aromatic heterocycles. The van der Waals surface area contributed by atoms with Crippen molar-refractivity contribution in [2.24, 2.45) is 7.05 Å². The Morgan fingerprint density at radius 1 is 1.14 bits per heavy atom. The van der Waals surface area contributed by atoms with Crippen LogP contribution in [0.3, 0.4) is 0 Å². The number of morpholine rings is 1. The van der Waals surface area contributed by atoms with E-state index in [0.29, 0.717) is 18.2 Å². The maximum atomic E-state index is 12.7. The molecule has 0 amide bonds. The number of hydrogen-bond acceptors (Lipinski definition) is 5. The van der Waals surface area contributed by atoms with Crippen molar-refractivity contribution in [2.45, 2.75) is 25.0 Å². The Hall–Kier alpha value is -2.99. The molecule has 1 fully saturated rings. The average Bonchev–Trinajstić information content (AvgIpc) is 2.75. The molecule has 142 valence electrons. The average molecular weight is 374 g/mol. The van der Waals surface area contributed by atoms with Crippen LogP contribution in [-0.4, -0.2) is 33.7 Å². The van der Waals surface area contributed by atoms with Crippen molar-refractivity contribution in [3.63, 3.8) is 0 Å². The second-order valence-electron chi connectivity index (χ2n) is 7.36. The Labute approximate surface area is 163 Å². The Morgan fingerprint density at radius 3 is 2.82 bits per heavy atom. The smallest absolute Gasteiger partial charge is 0.255 e. The maximum Gasteiger partial charge on any atom is 0.255 e. The quantitative estimate of drug-likeness (QED) is 0.690. The minimum atomic E-state index is -0.0592. The number of hydrogen-bond donors (Lipinski definition) is 0. The number of nitrogens with zero attached hydrogens (tertiary/aromatic N) is 4. The van der Waals surface area contributed by atoms with Gasteiger partial charge in [0.15, 0.2) is 0 Å². The molecular weight excluding hydrogens is 352 g/mol. The highest BCUT2D eigenvalue weighted by molar-refractivity contribution is 5.59. The minimum Gasteiger partial charge on any atom is -0.370 e. The van der Waals surface area contributed by atoms with Crippen molar-refractivity contribution in [2.75, 3.05) is 18.1 Å². The molecule has 0 spiro atoms. The summed E-state index contributed by atoms with van der Waals surface area (Å²) in [5.41, 5.74) is 4.14. The summed E-state index contributed by atoms with van der Waals surface area (Å²) in [6, 6.07) is 14.0. The van der Waals surface area contributed by atoms with Gasteiger partial charge in [-0.3, -0.25) is 14.3 Å². The first kappa shape index (κ1) is 17.1. The highest BCUT2D eigenvalue weighted by Gasteiger charge is 2.38. The van der Waals surface area contributed by atoms with Crippen LogP contribution in [0.25, 0.3) is 11.3 Å². The van der Waals surface area contributed by atoms with Crippen molar-refractivity contribution in [1.29, 1.82) is 0 Å². The Kier molecular flexibility index (Phi) is 4.20. The lowest BCUT2D eigenvalue weighted by Crippen LogP contribution is -2.51. The summed E-state index contributed by atoms with van der Waals surface area (Å²) in [6.07, 6.45) is 5.44. The Bertz CT molecular complexity index is 1060. The number of benzene rings is 1. The molecule has 6 nitrogen and oxygen atoms in total. The van der Waals surface area contributed by atoms with Crippen molar-refractivity contribution in [1.82, 2.24) is 14.5 Å². The molecule has 0 saturated carbocycles. The second kappa shape index (κ2) is 6.87. The van der Waals surface area contributed by atoms with Crippen molar-refractivity contribution in [3.05, 3.63) is 76.3 Å². The molecule has 0 radical (unpaired) electrons. The number of rotatable bonds is 2. The van der Waals surface area contributed by atoms with E-state index >= 15 is 0 Å². The van der Waals surface area contributed by atoms with Gasteiger partial charge in [-0.1, -0.05) is 24.3 Å². The molecule has 1 aliphatic carbocycles. The lowest BCUT2D eigenvalue weighted by Gasteiger charge is -2.45. The predicted molar refractivity (Wildman–Crippen MR) is 107 cm³/mol. The fourth-order valence-corrected chi connectivity index (χ4v) is 4.37. The normalized spacial score (nSPS) is 21.1. The first-order valence-corrected chi connectivity index (χ1v) is 9.67. The zero-order valence-corrected chi connectivity index (χ0v) is 15.8. The van der Waals surface area contributed by atoms with Crippen LogP contribution in [0.4, 0.5) is 5.95 Å². The van der Waals surface area contributed by atoms with Crippen LogP contribution in [0, 0.1) is 0 Å². The van der Waals surface area contributed by atoms with E-state index in [-0.39, 0.29) is 17.7 Å². The topological polar surface area (TPSA) is 60.2 Å². The molecule has 28 heavy (non-hydrogen) atoms. The summed E-state index contributed by atoms with van der Waals surface area (Å²) in [4.78, 5) is 23.9. The molecule has 0 unspecified atom stereocenters. The third kappa shape index (κ3) is 2.81. The lowest BCUT2D eigenvalue weighted by molar-refractivity contribution is 0.00176. The summed E-state index contributed by atoms with van der Waals surface area (Å²) >= 11 is 0. The number of pyridine rings is 1. The van der Waals surface area contributed by atoms with Crippen LogP contribution in [-0.2, 0) is 18.2 Å². The van der Waals surface area contributed by atoms with E-state index in [4.69, 9.17) is 9.72 Å². The van der Waals surface area contributed by atoms with Crippen LogP contribution in [0.5, 0.6) is 0 Å². The van der Waals surface area contributed by atoms with Crippen LogP contribution in [0.15, 0.2) is 59.7 Å². The summed E-state index contributed by atoms with van der Waals surface area (Å²) < 4.78 is 7.83. The molecule has 6 heteroatoms. The molecule has 2 aliphatic rings. The molecule has 1 saturated heterocycles. The summed E-state index contributed by atoms with van der Waals surface area (Å²) in [6.45, 7) is 1.34. The van der Waals surface area contributed by atoms with Gasteiger partial charge in [-0.05, 0) is 36.1 Å². The van der Waals surface area contributed by atoms with Crippen molar-refractivity contribution in [3.8, 4) is 11.3 Å². The summed E-state index contributed by atoms with van der Waals surface area (Å²) in [5, 5.41) is 0. The zero-order chi connectivity index (χ0) is 19.1. The number of aromatic nitrogens is 3. The summed E-state index contributed by atoms with van der Waals surface area (Å²) in [7, 11) is 1.79. The van der Waals surface area contributed by atoms with Crippen molar-refractivity contribution >= 4 is 5.95 Å². The SMILES string of the molecule is Cn1c(N2CCO[C@@H]3c4ccccc4CC[C@@H]32)nc(-c2ccncc2)cc1=O. The van der Waals surface area contributed by atoms with Gasteiger partial charge < -0.3 is 9.64 Å². The maximum absolute atomic E-state index is 12.7. The van der Waals surface area contributed by atoms with Crippen LogP contribution >= 0.6 is 0 Å². The number of fused-ring (bicyclic) bond motifs is 3. The molecule has 5 rings (SSSR count). The van der Waals surface area contributed by atoms with E-state index < -0.39 is 0 Å². The first-order valence-electron chi connectivity index (χ1n) is 9.67. The molecule has 0 bridgehead atoms. The lowest BCUT2D eigenvalue weighted by atomic mass is 9.84. The molecule has 1 aliphatic heterocycles. The van der Waals surface area contributed by atoms with Gasteiger partial charge in [0.2, 0.25) is 5.95 Å². The van der Waals surface area contributed by atoms with Crippen LogP contribution in [0.2, 0.25) is 0 Å². The van der Waals surface area contributed by atoms with E-state index in [2.05, 4.69) is 34.1 Å². The van der Waals surface area contributed by atoms with Gasteiger partial charge in [0.05, 0.1) is 18.3 Å². The molecule has 0 N–H and O–H groups in total. The highest BCUT2D eigenvalue weighted by Crippen LogP contribution is 2.39. The van der Waals surface area contributed by atoms with Gasteiger partial charge in [0, 0.05) is 37.6 Å². The monoisotopic (exact) mass is 374 g/mol. The molecule has 3 heterocycles. The third-order valence-corrected chi connectivity index (χ3v) is 5.79. The van der Waals surface area contributed by atoms with E-state index in [0.717, 1.165) is 24.9 Å². The molecule has 3 aromatic rings. The van der Waals surface area contributed by atoms with Crippen LogP contribution in [0.1, 0.15) is 23.7 Å². The molecule has 1 aromatic carbocycles. The minimum absolute atomic E-state index is 0.0141. The van der Waals surface area contributed by atoms with E-state index in [1.807, 2.05) is 12.1 Å². The van der Waals surface area contributed by atoms with Gasteiger partial charge >= 0.3 is 0 Å². The van der Waals surface area contributed by atoms with Crippen LogP contribution < -0.4 is 10.5 Å². The van der Waals surface area contributed by atoms with E-state index in [1.54, 1.807) is 30.1 Å². The second-order valence-corrected chi connectivity index (χ2v) is 7.36. The fraction of sp³-hybridized carbons (Fsp3) is 0.318. The van der Waals surface area contributed by atoms with Gasteiger partial charge in [-0.25, -0.2) is 4.98 Å². The third-order valence-electron chi connectivity index (χ3n) is 5.79. The van der Waals surface area contributed by atoms with Gasteiger partial charge in [0.25, 0.3) is 5.56 Å². The fourth-order valence-electron chi connectivity index (χ4n) is 4.37. The first-order chi connectivity index (χ1) is 13.7. The van der Waals surface area contributed by atoms with Crippen molar-refractivity contribution < 1.29 is 4.74 Å². The number of anilines is 1. The molecular formula is C22H22N4O2. The van der Waals surface area contributed by atoms with Gasteiger partial charge in [-0.15, -0.1) is 0 Å². The predicted octanol–water partition coefficient (Wildman–Crippen LogP) is 2.74. The van der Waals surface area contributed by atoms with Gasteiger partial charge in [0.1, 0.15) is 6.10 Å². The van der Waals surface area contributed by atoms with E-state index in [1.165, 1.54) is 11.1 Å². The van der Waals surface area contributed by atoms with E-state index in [9.17, 15) is 4.79 Å². The van der Waals surface area contributed by atoms with Gasteiger partial charge in [-0.2, -0.15) is 0 Å². The number of ether oxygens (including phenoxy) is 1. The molecule has 2 atom stereocenters.